The number of ether oxygens (including phenoxy) is 1. The van der Waals surface area contributed by atoms with Gasteiger partial charge in [-0.1, -0.05) is 23.7 Å². The molecule has 2 fully saturated rings. The Balaban J connectivity index is 1.42. The summed E-state index contributed by atoms with van der Waals surface area (Å²) >= 11 is 6.67. The maximum Gasteiger partial charge on any atom is 0.341 e. The Morgan fingerprint density at radius 2 is 2.00 bits per heavy atom. The van der Waals surface area contributed by atoms with Gasteiger partial charge in [0.1, 0.15) is 0 Å². The normalized spacial score (nSPS) is 22.1. The van der Waals surface area contributed by atoms with E-state index in [1.807, 2.05) is 17.9 Å². The quantitative estimate of drug-likeness (QED) is 0.501. The van der Waals surface area contributed by atoms with E-state index in [4.69, 9.17) is 22.1 Å². The number of nitrogens with zero attached hydrogens (tertiary/aromatic N) is 1. The summed E-state index contributed by atoms with van der Waals surface area (Å²) in [6, 6.07) is 10.1. The molecule has 1 saturated heterocycles. The summed E-state index contributed by atoms with van der Waals surface area (Å²) in [7, 11) is -3.38. The molecule has 1 atom stereocenters. The molecule has 1 amide bonds. The number of aryl methyl sites for hydroxylation is 1. The second-order valence-electron chi connectivity index (χ2n) is 10.7. The summed E-state index contributed by atoms with van der Waals surface area (Å²) in [6.45, 7) is 3.89. The van der Waals surface area contributed by atoms with Gasteiger partial charge in [-0.25, -0.2) is 13.2 Å². The van der Waals surface area contributed by atoms with E-state index in [-0.39, 0.29) is 17.3 Å². The van der Waals surface area contributed by atoms with E-state index in [1.54, 1.807) is 24.3 Å². The zero-order chi connectivity index (χ0) is 27.2. The van der Waals surface area contributed by atoms with Gasteiger partial charge >= 0.3 is 5.97 Å². The lowest BCUT2D eigenvalue weighted by atomic mass is 9.86. The van der Waals surface area contributed by atoms with E-state index >= 15 is 0 Å². The summed E-state index contributed by atoms with van der Waals surface area (Å²) in [5.74, 6) is 0.0707. The fourth-order valence-corrected chi connectivity index (χ4v) is 6.27. The number of carbonyl (C=O) groups excluding carboxylic acids is 2. The Morgan fingerprint density at radius 3 is 2.71 bits per heavy atom. The Morgan fingerprint density at radius 1 is 1.24 bits per heavy atom. The van der Waals surface area contributed by atoms with Crippen LogP contribution in [0.3, 0.4) is 0 Å². The molecule has 2 aromatic rings. The number of amides is 1. The predicted molar refractivity (Wildman–Crippen MR) is 146 cm³/mol. The van der Waals surface area contributed by atoms with Crippen LogP contribution in [-0.4, -0.2) is 63.2 Å². The molecule has 10 heteroatoms. The van der Waals surface area contributed by atoms with Crippen LogP contribution in [-0.2, 0) is 24.2 Å². The van der Waals surface area contributed by atoms with Crippen LogP contribution in [0, 0.1) is 12.8 Å². The van der Waals surface area contributed by atoms with Crippen molar-refractivity contribution < 1.29 is 22.7 Å². The van der Waals surface area contributed by atoms with Gasteiger partial charge in [0.2, 0.25) is 5.91 Å². The molecule has 2 aromatic carbocycles. The lowest BCUT2D eigenvalue weighted by Crippen LogP contribution is -2.53. The number of carbonyl (C=O) groups is 2. The van der Waals surface area contributed by atoms with Crippen LogP contribution < -0.4 is 11.1 Å². The number of halogens is 1. The van der Waals surface area contributed by atoms with Gasteiger partial charge in [-0.3, -0.25) is 9.69 Å². The van der Waals surface area contributed by atoms with E-state index in [0.717, 1.165) is 24.8 Å². The number of benzene rings is 2. The number of hydrogen-bond donors (Lipinski definition) is 2. The first-order valence-corrected chi connectivity index (χ1v) is 15.1. The zero-order valence-corrected chi connectivity index (χ0v) is 23.1. The molecule has 3 aliphatic rings. The van der Waals surface area contributed by atoms with E-state index in [1.165, 1.54) is 18.9 Å². The Bertz CT molecular complexity index is 1450. The number of hydrogen-bond acceptors (Lipinski definition) is 7. The second kappa shape index (κ2) is 10.0. The van der Waals surface area contributed by atoms with Crippen LogP contribution in [0.25, 0.3) is 16.7 Å². The highest BCUT2D eigenvalue weighted by atomic mass is 35.5. The van der Waals surface area contributed by atoms with Crippen molar-refractivity contribution in [1.82, 2.24) is 10.2 Å². The Labute approximate surface area is 228 Å². The minimum absolute atomic E-state index is 0.0285. The smallest absolute Gasteiger partial charge is 0.341 e. The molecule has 38 heavy (non-hydrogen) atoms. The fourth-order valence-electron chi connectivity index (χ4n) is 5.33. The van der Waals surface area contributed by atoms with Crippen molar-refractivity contribution >= 4 is 38.9 Å². The summed E-state index contributed by atoms with van der Waals surface area (Å²) in [6.07, 6.45) is 4.82. The molecule has 1 saturated carbocycles. The first-order valence-electron chi connectivity index (χ1n) is 12.8. The van der Waals surface area contributed by atoms with Gasteiger partial charge in [-0.2, -0.15) is 0 Å². The molecule has 2 aliphatic heterocycles. The van der Waals surface area contributed by atoms with E-state index in [2.05, 4.69) is 5.32 Å². The average Bonchev–Trinajstić information content (AvgIpc) is 3.65. The average molecular weight is 558 g/mol. The van der Waals surface area contributed by atoms with Gasteiger partial charge in [-0.05, 0) is 86.0 Å². The number of nitrogens with two attached hydrogens (primary N) is 1. The molecule has 202 valence electrons. The molecule has 1 unspecified atom stereocenters. The molecule has 1 spiro atoms. The molecule has 2 heterocycles. The van der Waals surface area contributed by atoms with Crippen LogP contribution in [0.5, 0.6) is 0 Å². The molecule has 3 N–H and O–H groups in total. The van der Waals surface area contributed by atoms with Gasteiger partial charge in [0, 0.05) is 29.9 Å². The van der Waals surface area contributed by atoms with Gasteiger partial charge < -0.3 is 15.8 Å². The van der Waals surface area contributed by atoms with Crippen LogP contribution in [0.2, 0.25) is 5.02 Å². The summed E-state index contributed by atoms with van der Waals surface area (Å²) in [5, 5.41) is 3.35. The van der Waals surface area contributed by atoms with Crippen molar-refractivity contribution in [2.75, 3.05) is 32.4 Å². The van der Waals surface area contributed by atoms with Crippen LogP contribution in [0.4, 0.5) is 0 Å². The second-order valence-corrected chi connectivity index (χ2v) is 13.1. The van der Waals surface area contributed by atoms with Crippen molar-refractivity contribution in [2.45, 2.75) is 43.1 Å². The first-order chi connectivity index (χ1) is 18.0. The lowest BCUT2D eigenvalue weighted by Gasteiger charge is -2.39. The number of esters is 1. The number of likely N-dealkylation sites (tertiary alicyclic amines) is 1. The number of nitrogens with one attached hydrogen (secondary N) is 1. The Hall–Kier alpha value is -2.88. The van der Waals surface area contributed by atoms with Crippen molar-refractivity contribution in [1.29, 1.82) is 0 Å². The third-order valence-corrected chi connectivity index (χ3v) is 9.02. The van der Waals surface area contributed by atoms with E-state index < -0.39 is 21.4 Å². The van der Waals surface area contributed by atoms with Gasteiger partial charge in [0.25, 0.3) is 0 Å². The molecular weight excluding hydrogens is 526 g/mol. The third-order valence-electron chi connectivity index (χ3n) is 7.59. The minimum Gasteiger partial charge on any atom is -0.448 e. The van der Waals surface area contributed by atoms with Crippen LogP contribution >= 0.6 is 11.6 Å². The topological polar surface area (TPSA) is 119 Å². The SMILES string of the molecule is Cc1cc(-c2cccc(S(C)(=O)=O)c2)c(Cl)cc1C1=C(N)C2(CCCN(CC(=O)NCC3CC3)C2)OC1=O. The summed E-state index contributed by atoms with van der Waals surface area (Å²) in [5.41, 5.74) is 8.96. The zero-order valence-electron chi connectivity index (χ0n) is 21.6. The molecule has 0 aromatic heterocycles. The minimum atomic E-state index is -3.38. The molecule has 5 rings (SSSR count). The van der Waals surface area contributed by atoms with Crippen LogP contribution in [0.15, 0.2) is 47.0 Å². The van der Waals surface area contributed by atoms with Crippen molar-refractivity contribution in [3.63, 3.8) is 0 Å². The van der Waals surface area contributed by atoms with Crippen molar-refractivity contribution in [3.8, 4) is 11.1 Å². The Kier molecular flexibility index (Phi) is 7.04. The van der Waals surface area contributed by atoms with Crippen LogP contribution in [0.1, 0.15) is 36.8 Å². The van der Waals surface area contributed by atoms with Gasteiger partial charge in [-0.15, -0.1) is 0 Å². The number of rotatable bonds is 7. The summed E-state index contributed by atoms with van der Waals surface area (Å²) < 4.78 is 30.0. The van der Waals surface area contributed by atoms with Crippen molar-refractivity contribution in [3.05, 3.63) is 58.2 Å². The first kappa shape index (κ1) is 26.7. The number of piperidine rings is 1. The highest BCUT2D eigenvalue weighted by molar-refractivity contribution is 7.90. The van der Waals surface area contributed by atoms with E-state index in [0.29, 0.717) is 58.4 Å². The van der Waals surface area contributed by atoms with Gasteiger partial charge in [0.05, 0.1) is 22.7 Å². The lowest BCUT2D eigenvalue weighted by molar-refractivity contribution is -0.149. The highest BCUT2D eigenvalue weighted by Gasteiger charge is 2.49. The molecule has 1 aliphatic carbocycles. The molecule has 0 bridgehead atoms. The highest BCUT2D eigenvalue weighted by Crippen LogP contribution is 2.43. The molecule has 0 radical (unpaired) electrons. The maximum absolute atomic E-state index is 13.2. The number of sulfone groups is 1. The standard InChI is InChI=1S/C28H32ClN3O5S/c1-17-11-22(19-5-3-6-20(12-19)38(2,35)36)23(29)13-21(17)25-26(30)28(37-27(25)34)9-4-10-32(16-28)15-24(33)31-14-18-7-8-18/h3,5-6,11-13,18H,4,7-10,14-16,30H2,1-2H3,(H,31,33). The molecular formula is C28H32ClN3O5S. The fraction of sp³-hybridized carbons (Fsp3) is 0.429. The third kappa shape index (κ3) is 5.32. The maximum atomic E-state index is 13.2. The summed E-state index contributed by atoms with van der Waals surface area (Å²) in [4.78, 5) is 27.8. The monoisotopic (exact) mass is 557 g/mol. The molecule has 8 nitrogen and oxygen atoms in total. The van der Waals surface area contributed by atoms with Crippen molar-refractivity contribution in [2.24, 2.45) is 11.7 Å². The van der Waals surface area contributed by atoms with E-state index in [9.17, 15) is 18.0 Å². The largest absolute Gasteiger partial charge is 0.448 e. The predicted octanol–water partition coefficient (Wildman–Crippen LogP) is 3.31. The van der Waals surface area contributed by atoms with Gasteiger partial charge in [0.15, 0.2) is 15.4 Å².